The minimum Gasteiger partial charge on any atom is -0.430 e. The summed E-state index contributed by atoms with van der Waals surface area (Å²) >= 11 is 6.53. The molecule has 53 heavy (non-hydrogen) atoms. The van der Waals surface area contributed by atoms with Gasteiger partial charge in [-0.3, -0.25) is 6.32 Å². The minimum atomic E-state index is -0.245. The first kappa shape index (κ1) is 40.7. The quantitative estimate of drug-likeness (QED) is 0.105. The Morgan fingerprint density at radius 3 is 1.45 bits per heavy atom. The third-order valence-electron chi connectivity index (χ3n) is 10.5. The van der Waals surface area contributed by atoms with Gasteiger partial charge in [-0.15, -0.1) is 0 Å². The molecule has 1 aromatic heterocycles. The van der Waals surface area contributed by atoms with Crippen LogP contribution in [0.3, 0.4) is 0 Å². The monoisotopic (exact) mass is 759 g/mol. The molecule has 2 heterocycles. The van der Waals surface area contributed by atoms with Crippen molar-refractivity contribution in [3.63, 3.8) is 0 Å². The zero-order valence-corrected chi connectivity index (χ0v) is 34.8. The van der Waals surface area contributed by atoms with Crippen LogP contribution in [0.1, 0.15) is 135 Å². The second-order valence-corrected chi connectivity index (χ2v) is 16.8. The number of benzene rings is 4. The molecule has 7 heteroatoms. The van der Waals surface area contributed by atoms with Crippen LogP contribution in [-0.4, -0.2) is 32.7 Å². The summed E-state index contributed by atoms with van der Waals surface area (Å²) in [4.78, 5) is 0. The van der Waals surface area contributed by atoms with E-state index < -0.39 is 0 Å². The van der Waals surface area contributed by atoms with Gasteiger partial charge in [0.2, 0.25) is 0 Å². The van der Waals surface area contributed by atoms with E-state index in [9.17, 15) is 0 Å². The average Bonchev–Trinajstić information content (AvgIpc) is 3.57. The second-order valence-electron chi connectivity index (χ2n) is 16.4. The molecule has 0 unspecified atom stereocenters. The van der Waals surface area contributed by atoms with Gasteiger partial charge < -0.3 is 9.31 Å². The van der Waals surface area contributed by atoms with Crippen LogP contribution in [0.4, 0.5) is 0 Å². The molecule has 285 valence electrons. The van der Waals surface area contributed by atoms with Crippen molar-refractivity contribution in [2.24, 2.45) is 0 Å². The fourth-order valence-electron chi connectivity index (χ4n) is 6.81. The van der Waals surface area contributed by atoms with Crippen molar-refractivity contribution in [1.29, 1.82) is 0 Å². The fourth-order valence-corrected chi connectivity index (χ4v) is 7.16. The van der Waals surface area contributed by atoms with E-state index in [2.05, 4.69) is 167 Å². The first-order valence-electron chi connectivity index (χ1n) is 19.3. The summed E-state index contributed by atoms with van der Waals surface area (Å²) in [6.45, 7) is 26.3. The predicted molar refractivity (Wildman–Crippen MR) is 218 cm³/mol. The molecule has 0 radical (unpaired) electrons. The molecule has 0 N–H and O–H groups in total. The van der Waals surface area contributed by atoms with E-state index in [4.69, 9.17) is 30.0 Å². The van der Waals surface area contributed by atoms with Gasteiger partial charge in [0, 0.05) is 0 Å². The standard InChI is InChI=1S/C32H39N3.C14H20BO2.Cu/c1-21(2)26-16-12-17-27(22(3)4)30(26)34-20-35(33-32(34)25-14-10-9-11-15-25)31-28(23(5)6)18-13-19-29(31)24(7)8;1-13(2)14(3,4)17-15(16-13)11-10-12-8-6-5-7-9-12;/h9-19,21-24H,1-8H3;5-9,11H,10H2,1-4H3;/q;-1;. The molecule has 6 rings (SSSR count). The molecule has 5 aromatic rings. The van der Waals surface area contributed by atoms with E-state index in [1.54, 1.807) is 0 Å². The third kappa shape index (κ3) is 8.92. The van der Waals surface area contributed by atoms with Crippen molar-refractivity contribution in [3.8, 4) is 22.8 Å². The van der Waals surface area contributed by atoms with Crippen LogP contribution in [-0.2, 0) is 31.3 Å². The van der Waals surface area contributed by atoms with E-state index in [1.165, 1.54) is 33.5 Å². The molecule has 4 aromatic carbocycles. The minimum absolute atomic E-state index is 0.208. The Balaban J connectivity index is 0.000000265. The Bertz CT molecular complexity index is 1960. The van der Waals surface area contributed by atoms with Gasteiger partial charge in [0.15, 0.2) is 0 Å². The molecular weight excluding hydrogens is 701 g/mol. The zero-order valence-electron chi connectivity index (χ0n) is 33.9. The Hall–Kier alpha value is -3.48. The van der Waals surface area contributed by atoms with Crippen LogP contribution < -0.4 is 0 Å². The van der Waals surface area contributed by atoms with E-state index in [1.807, 2.05) is 28.9 Å². The van der Waals surface area contributed by atoms with Gasteiger partial charge in [-0.05, 0) is 27.7 Å². The second kappa shape index (κ2) is 16.9. The molecule has 0 bridgehead atoms. The Labute approximate surface area is 327 Å². The van der Waals surface area contributed by atoms with Crippen LogP contribution in [0.25, 0.3) is 22.8 Å². The Kier molecular flexibility index (Phi) is 13.0. The van der Waals surface area contributed by atoms with E-state index in [0.717, 1.165) is 23.5 Å². The van der Waals surface area contributed by atoms with Crippen molar-refractivity contribution in [2.45, 2.75) is 124 Å². The van der Waals surface area contributed by atoms with Gasteiger partial charge in [-0.25, -0.2) is 0 Å². The fraction of sp³-hybridized carbons (Fsp3) is 0.413. The van der Waals surface area contributed by atoms with Crippen molar-refractivity contribution in [3.05, 3.63) is 136 Å². The molecule has 1 aliphatic heterocycles. The van der Waals surface area contributed by atoms with Crippen LogP contribution >= 0.6 is 0 Å². The molecular formula is C46H59BCuN3O2-. The number of hydrogen-bond acceptors (Lipinski definition) is 3. The maximum atomic E-state index is 6.53. The first-order chi connectivity index (χ1) is 25.0. The van der Waals surface area contributed by atoms with Crippen LogP contribution in [0.5, 0.6) is 0 Å². The Morgan fingerprint density at radius 1 is 0.604 bits per heavy atom. The summed E-state index contributed by atoms with van der Waals surface area (Å²) in [5, 5.41) is 5.28. The normalized spacial score (nSPS) is 15.1. The number of rotatable bonds is 10. The number of aromatic nitrogens is 3. The van der Waals surface area contributed by atoms with E-state index >= 15 is 0 Å². The smallest absolute Gasteiger partial charge is 0.277 e. The maximum absolute atomic E-state index is 6.53. The summed E-state index contributed by atoms with van der Waals surface area (Å²) in [7, 11) is -0.208. The molecule has 0 spiro atoms. The van der Waals surface area contributed by atoms with Gasteiger partial charge >= 0.3 is 225 Å². The number of para-hydroxylation sites is 2. The van der Waals surface area contributed by atoms with Crippen LogP contribution in [0.15, 0.2) is 97.1 Å². The van der Waals surface area contributed by atoms with Gasteiger partial charge in [0.25, 0.3) is 7.12 Å². The molecule has 1 saturated heterocycles. The van der Waals surface area contributed by atoms with E-state index in [0.29, 0.717) is 28.0 Å². The molecule has 0 amide bonds. The summed E-state index contributed by atoms with van der Waals surface area (Å²) in [6, 6.07) is 34.0. The molecule has 1 fully saturated rings. The molecule has 1 aliphatic rings. The molecule has 0 aliphatic carbocycles. The van der Waals surface area contributed by atoms with Crippen molar-refractivity contribution in [2.75, 3.05) is 0 Å². The predicted octanol–water partition coefficient (Wildman–Crippen LogP) is 12.0. The van der Waals surface area contributed by atoms with Gasteiger partial charge in [0.1, 0.15) is 0 Å². The largest absolute Gasteiger partial charge is 0.430 e. The summed E-state index contributed by atoms with van der Waals surface area (Å²) < 4.78 is 16.7. The number of hydrogen-bond donors (Lipinski definition) is 0. The Morgan fingerprint density at radius 2 is 1.02 bits per heavy atom. The maximum Gasteiger partial charge on any atom is 0.277 e. The summed E-state index contributed by atoms with van der Waals surface area (Å²) in [5.41, 5.74) is 9.22. The zero-order chi connectivity index (χ0) is 38.7. The molecule has 5 nitrogen and oxygen atoms in total. The molecule has 0 saturated carbocycles. The average molecular weight is 760 g/mol. The number of nitrogens with zero attached hydrogens (tertiary/aromatic N) is 3. The van der Waals surface area contributed by atoms with E-state index in [-0.39, 0.29) is 18.3 Å². The van der Waals surface area contributed by atoms with Crippen molar-refractivity contribution >= 4 is 7.12 Å². The van der Waals surface area contributed by atoms with Crippen molar-refractivity contribution < 1.29 is 24.9 Å². The van der Waals surface area contributed by atoms with Gasteiger partial charge in [-0.1, -0.05) is 35.9 Å². The SMILES string of the molecule is CC(C)c1cccc(C(C)C)c1-n1nc(-c2ccccc2)n(-c2c(C(C)C)cccc2C(C)C)[c]1=[Cu].CC1(C)OB([CH-]Cc2ccccc2)OC1(C)C. The summed E-state index contributed by atoms with van der Waals surface area (Å²) in [5.74, 6) is 2.26. The van der Waals surface area contributed by atoms with Crippen LogP contribution in [0, 0.1) is 10.6 Å². The van der Waals surface area contributed by atoms with Gasteiger partial charge in [0.05, 0.1) is 11.2 Å². The van der Waals surface area contributed by atoms with Gasteiger partial charge in [-0.2, -0.15) is 6.42 Å². The first-order valence-corrected chi connectivity index (χ1v) is 19.7. The summed E-state index contributed by atoms with van der Waals surface area (Å²) in [6.07, 6.45) is 2.96. The topological polar surface area (TPSA) is 41.2 Å². The van der Waals surface area contributed by atoms with Crippen molar-refractivity contribution in [1.82, 2.24) is 14.3 Å². The van der Waals surface area contributed by atoms with Crippen LogP contribution in [0.2, 0.25) is 0 Å². The molecule has 0 atom stereocenters. The third-order valence-corrected chi connectivity index (χ3v) is 11.0.